The predicted octanol–water partition coefficient (Wildman–Crippen LogP) is 0.922. The lowest BCUT2D eigenvalue weighted by Crippen LogP contribution is -2.16. The van der Waals surface area contributed by atoms with Gasteiger partial charge in [0.1, 0.15) is 9.66 Å². The second-order valence-electron chi connectivity index (χ2n) is 5.97. The molecule has 0 radical (unpaired) electrons. The van der Waals surface area contributed by atoms with Gasteiger partial charge in [-0.15, -0.1) is 22.7 Å². The molecule has 4 aromatic rings. The molecule has 5 N–H and O–H groups in total. The second-order valence-corrected chi connectivity index (χ2v) is 7.69. The number of H-pyrrole nitrogens is 2. The Morgan fingerprint density at radius 3 is 1.97 bits per heavy atom. The molecule has 4 aromatic heterocycles. The van der Waals surface area contributed by atoms with Crippen molar-refractivity contribution < 1.29 is 29.7 Å². The first kappa shape index (κ1) is 21.8. The molecule has 12 nitrogen and oxygen atoms in total. The third-order valence-corrected chi connectivity index (χ3v) is 5.71. The zero-order valence-corrected chi connectivity index (χ0v) is 16.9. The van der Waals surface area contributed by atoms with E-state index in [9.17, 15) is 24.0 Å². The van der Waals surface area contributed by atoms with Crippen LogP contribution in [0.15, 0.2) is 26.7 Å². The van der Waals surface area contributed by atoms with Gasteiger partial charge in [-0.25, -0.2) is 14.8 Å². The number of hydrogen-bond acceptors (Lipinski definition) is 9. The van der Waals surface area contributed by atoms with E-state index in [1.54, 1.807) is 5.38 Å². The summed E-state index contributed by atoms with van der Waals surface area (Å²) in [4.78, 5) is 67.7. The number of rotatable bonds is 5. The number of hydrogen-bond donors (Lipinski definition) is 5. The van der Waals surface area contributed by atoms with E-state index in [-0.39, 0.29) is 28.6 Å². The summed E-state index contributed by atoms with van der Waals surface area (Å²) in [6.07, 6.45) is 0.873. The van der Waals surface area contributed by atoms with Crippen molar-refractivity contribution in [1.29, 1.82) is 0 Å². The van der Waals surface area contributed by atoms with E-state index < -0.39 is 29.3 Å². The van der Waals surface area contributed by atoms with Gasteiger partial charge in [0.2, 0.25) is 5.82 Å². The number of nitrogens with zero attached hydrogens (tertiary/aromatic N) is 2. The molecule has 0 aliphatic carbocycles. The molecule has 160 valence electrons. The topological polar surface area (TPSA) is 203 Å². The number of carboxylic acids is 3. The van der Waals surface area contributed by atoms with Gasteiger partial charge in [0.25, 0.3) is 11.1 Å². The van der Waals surface area contributed by atoms with Crippen molar-refractivity contribution in [3.05, 3.63) is 54.7 Å². The lowest BCUT2D eigenvalue weighted by molar-refractivity contribution is -0.137. The fourth-order valence-corrected chi connectivity index (χ4v) is 4.49. The average molecular weight is 464 g/mol. The van der Waals surface area contributed by atoms with E-state index in [0.29, 0.717) is 21.3 Å². The summed E-state index contributed by atoms with van der Waals surface area (Å²) in [5, 5.41) is 29.6. The van der Waals surface area contributed by atoms with E-state index in [0.717, 1.165) is 11.3 Å². The highest BCUT2D eigenvalue weighted by atomic mass is 32.1. The Morgan fingerprint density at radius 2 is 1.42 bits per heavy atom. The number of aromatic carboxylic acids is 1. The van der Waals surface area contributed by atoms with Crippen LogP contribution in [0.25, 0.3) is 20.4 Å². The van der Waals surface area contributed by atoms with Crippen molar-refractivity contribution in [2.24, 2.45) is 0 Å². The fourth-order valence-electron chi connectivity index (χ4n) is 2.64. The van der Waals surface area contributed by atoms with Crippen molar-refractivity contribution in [1.82, 2.24) is 19.9 Å². The van der Waals surface area contributed by atoms with Gasteiger partial charge in [-0.2, -0.15) is 0 Å². The number of carboxylic acid groups (broad SMARTS) is 3. The third-order valence-electron chi connectivity index (χ3n) is 3.86. The average Bonchev–Trinajstić information content (AvgIpc) is 3.27. The summed E-state index contributed by atoms with van der Waals surface area (Å²) in [7, 11) is 0. The van der Waals surface area contributed by atoms with Crippen LogP contribution in [0.3, 0.4) is 0 Å². The number of carbonyl (C=O) groups is 3. The summed E-state index contributed by atoms with van der Waals surface area (Å²) in [6.45, 7) is 0. The number of nitrogens with one attached hydrogen (secondary N) is 2. The van der Waals surface area contributed by atoms with Crippen molar-refractivity contribution >= 4 is 61.0 Å². The molecule has 0 saturated carbocycles. The highest BCUT2D eigenvalue weighted by Gasteiger charge is 2.16. The molecule has 0 saturated heterocycles. The van der Waals surface area contributed by atoms with E-state index in [2.05, 4.69) is 19.9 Å². The number of aromatic nitrogens is 4. The molecule has 0 unspecified atom stereocenters. The maximum absolute atomic E-state index is 11.6. The molecule has 0 aliphatic rings. The number of aromatic amines is 2. The summed E-state index contributed by atoms with van der Waals surface area (Å²) in [5.74, 6) is -3.80. The molecular weight excluding hydrogens is 452 g/mol. The van der Waals surface area contributed by atoms with Crippen molar-refractivity contribution in [2.75, 3.05) is 0 Å². The highest BCUT2D eigenvalue weighted by molar-refractivity contribution is 7.17. The zero-order valence-electron chi connectivity index (χ0n) is 15.2. The summed E-state index contributed by atoms with van der Waals surface area (Å²) in [6, 6.07) is 0. The predicted molar refractivity (Wildman–Crippen MR) is 110 cm³/mol. The molecule has 4 heterocycles. The third kappa shape index (κ3) is 4.81. The van der Waals surface area contributed by atoms with E-state index in [4.69, 9.17) is 15.3 Å². The quantitative estimate of drug-likeness (QED) is 0.282. The highest BCUT2D eigenvalue weighted by Crippen LogP contribution is 2.22. The minimum absolute atomic E-state index is 0.141. The molecule has 14 heteroatoms. The van der Waals surface area contributed by atoms with E-state index in [1.165, 1.54) is 23.0 Å². The summed E-state index contributed by atoms with van der Waals surface area (Å²) in [5.41, 5.74) is -0.0626. The Balaban J connectivity index is 0.000000179. The van der Waals surface area contributed by atoms with Crippen LogP contribution in [0, 0.1) is 0 Å². The molecule has 0 fully saturated rings. The van der Waals surface area contributed by atoms with Crippen LogP contribution < -0.4 is 11.1 Å². The van der Waals surface area contributed by atoms with Crippen LogP contribution >= 0.6 is 22.7 Å². The maximum atomic E-state index is 11.6. The molecule has 0 amide bonds. The van der Waals surface area contributed by atoms with Crippen LogP contribution in [-0.2, 0) is 22.4 Å². The molecule has 0 spiro atoms. The van der Waals surface area contributed by atoms with Gasteiger partial charge >= 0.3 is 17.9 Å². The Labute approximate surface area is 178 Å². The summed E-state index contributed by atoms with van der Waals surface area (Å²) >= 11 is 2.32. The largest absolute Gasteiger partial charge is 0.481 e. The Bertz CT molecular complexity index is 1430. The number of fused-ring (bicyclic) bond motifs is 2. The molecule has 31 heavy (non-hydrogen) atoms. The van der Waals surface area contributed by atoms with Gasteiger partial charge in [0.15, 0.2) is 0 Å². The van der Waals surface area contributed by atoms with E-state index in [1.807, 2.05) is 0 Å². The standard InChI is InChI=1S/C9H6N2O5S.C8H6N2O3S/c12-4(13)1-3-2-17-8-5(3)7(14)10-6(11-8)9(15)16;11-5(12)1-4-2-14-8-6(4)7(13)9-3-10-8/h2H,1H2,(H,12,13)(H,15,16)(H,10,11,14);2-3H,1H2,(H,11,12)(H,9,10,13). The lowest BCUT2D eigenvalue weighted by atomic mass is 10.2. The van der Waals surface area contributed by atoms with Crippen LogP contribution in [0.4, 0.5) is 0 Å². The molecular formula is C17H12N4O8S2. The fraction of sp³-hybridized carbons (Fsp3) is 0.118. The molecule has 4 rings (SSSR count). The minimum Gasteiger partial charge on any atom is -0.481 e. The number of aliphatic carboxylic acids is 2. The normalized spacial score (nSPS) is 10.6. The van der Waals surface area contributed by atoms with Crippen LogP contribution in [0.5, 0.6) is 0 Å². The Kier molecular flexibility index (Phi) is 6.22. The lowest BCUT2D eigenvalue weighted by Gasteiger charge is -1.96. The molecule has 0 bridgehead atoms. The van der Waals surface area contributed by atoms with Crippen molar-refractivity contribution in [3.63, 3.8) is 0 Å². The monoisotopic (exact) mass is 464 g/mol. The SMILES string of the molecule is O=C(O)Cc1csc2nc(C(=O)O)[nH]c(=O)c12.O=C(O)Cc1csc2nc[nH]c(=O)c12. The minimum atomic E-state index is -1.34. The van der Waals surface area contributed by atoms with Gasteiger partial charge in [-0.05, 0) is 21.9 Å². The van der Waals surface area contributed by atoms with Crippen LogP contribution in [0.1, 0.15) is 21.7 Å². The first-order valence-electron chi connectivity index (χ1n) is 8.28. The zero-order chi connectivity index (χ0) is 22.7. The Morgan fingerprint density at radius 1 is 0.871 bits per heavy atom. The number of thiophene rings is 2. The Hall–Kier alpha value is -3.91. The van der Waals surface area contributed by atoms with Gasteiger partial charge in [-0.3, -0.25) is 19.2 Å². The van der Waals surface area contributed by atoms with Gasteiger partial charge in [-0.1, -0.05) is 0 Å². The van der Waals surface area contributed by atoms with Gasteiger partial charge in [0, 0.05) is 0 Å². The first-order chi connectivity index (χ1) is 14.7. The molecule has 0 aromatic carbocycles. The van der Waals surface area contributed by atoms with Crippen molar-refractivity contribution in [3.8, 4) is 0 Å². The van der Waals surface area contributed by atoms with E-state index >= 15 is 0 Å². The van der Waals surface area contributed by atoms with Gasteiger partial charge in [0.05, 0.1) is 29.9 Å². The first-order valence-corrected chi connectivity index (χ1v) is 10.0. The van der Waals surface area contributed by atoms with Crippen LogP contribution in [-0.4, -0.2) is 53.2 Å². The van der Waals surface area contributed by atoms with Crippen molar-refractivity contribution in [2.45, 2.75) is 12.8 Å². The van der Waals surface area contributed by atoms with Crippen LogP contribution in [0.2, 0.25) is 0 Å². The smallest absolute Gasteiger partial charge is 0.372 e. The second kappa shape index (κ2) is 8.85. The molecule has 0 atom stereocenters. The maximum Gasteiger partial charge on any atom is 0.372 e. The van der Waals surface area contributed by atoms with Gasteiger partial charge < -0.3 is 25.3 Å². The summed E-state index contributed by atoms with van der Waals surface area (Å²) < 4.78 is 0. The molecule has 0 aliphatic heterocycles.